The van der Waals surface area contributed by atoms with Crippen molar-refractivity contribution in [2.75, 3.05) is 14.1 Å². The van der Waals surface area contributed by atoms with Gasteiger partial charge in [0.25, 0.3) is 0 Å². The van der Waals surface area contributed by atoms with Gasteiger partial charge in [0.2, 0.25) is 0 Å². The fourth-order valence-corrected chi connectivity index (χ4v) is 1.90. The summed E-state index contributed by atoms with van der Waals surface area (Å²) < 4.78 is 0. The first-order valence-corrected chi connectivity index (χ1v) is 5.96. The Bertz CT molecular complexity index is 370. The van der Waals surface area contributed by atoms with Crippen molar-refractivity contribution >= 4 is 5.97 Å². The van der Waals surface area contributed by atoms with Crippen LogP contribution in [0.15, 0.2) is 24.3 Å². The lowest BCUT2D eigenvalue weighted by Gasteiger charge is -2.21. The topological polar surface area (TPSA) is 40.5 Å². The Morgan fingerprint density at radius 1 is 1.24 bits per heavy atom. The van der Waals surface area contributed by atoms with Crippen LogP contribution in [0.2, 0.25) is 0 Å². The molecular weight excluding hydrogens is 214 g/mol. The van der Waals surface area contributed by atoms with E-state index in [0.29, 0.717) is 5.92 Å². The Morgan fingerprint density at radius 2 is 1.71 bits per heavy atom. The van der Waals surface area contributed by atoms with Crippen LogP contribution in [-0.2, 0) is 4.79 Å². The fraction of sp³-hybridized carbons (Fsp3) is 0.500. The summed E-state index contributed by atoms with van der Waals surface area (Å²) in [5.74, 6) is -0.294. The molecule has 3 heteroatoms. The predicted octanol–water partition coefficient (Wildman–Crippen LogP) is 2.89. The predicted molar refractivity (Wildman–Crippen MR) is 69.2 cm³/mol. The molecule has 0 amide bonds. The van der Waals surface area contributed by atoms with Gasteiger partial charge in [0.15, 0.2) is 0 Å². The Morgan fingerprint density at radius 3 is 2.06 bits per heavy atom. The van der Waals surface area contributed by atoms with Crippen LogP contribution in [0.4, 0.5) is 0 Å². The Hall–Kier alpha value is -1.35. The molecular formula is C14H21NO2. The summed E-state index contributed by atoms with van der Waals surface area (Å²) in [5, 5.41) is 9.18. The smallest absolute Gasteiger partial charge is 0.325 e. The Kier molecular flexibility index (Phi) is 4.70. The molecule has 0 aliphatic rings. The summed E-state index contributed by atoms with van der Waals surface area (Å²) in [6.07, 6.45) is 1.09. The second-order valence-corrected chi connectivity index (χ2v) is 4.68. The van der Waals surface area contributed by atoms with Crippen LogP contribution in [0.3, 0.4) is 0 Å². The molecule has 0 saturated carbocycles. The monoisotopic (exact) mass is 235 g/mol. The first-order chi connectivity index (χ1) is 7.97. The normalized spacial score (nSPS) is 14.6. The standard InChI is InChI=1S/C14H21NO2/c1-5-10(2)11-6-8-12(9-7-11)13(14(16)17)15(3)4/h6-10,13H,5H2,1-4H3,(H,16,17). The zero-order valence-corrected chi connectivity index (χ0v) is 11.0. The van der Waals surface area contributed by atoms with Gasteiger partial charge in [0.05, 0.1) is 0 Å². The highest BCUT2D eigenvalue weighted by atomic mass is 16.4. The number of benzene rings is 1. The van der Waals surface area contributed by atoms with Gasteiger partial charge in [0.1, 0.15) is 6.04 Å². The van der Waals surface area contributed by atoms with E-state index >= 15 is 0 Å². The highest BCUT2D eigenvalue weighted by Crippen LogP contribution is 2.23. The number of carboxylic acid groups (broad SMARTS) is 1. The van der Waals surface area contributed by atoms with Crippen molar-refractivity contribution in [2.24, 2.45) is 0 Å². The van der Waals surface area contributed by atoms with Crippen molar-refractivity contribution < 1.29 is 9.90 Å². The van der Waals surface area contributed by atoms with Crippen LogP contribution in [0.5, 0.6) is 0 Å². The molecule has 0 bridgehead atoms. The van der Waals surface area contributed by atoms with E-state index in [9.17, 15) is 9.90 Å². The van der Waals surface area contributed by atoms with Gasteiger partial charge in [-0.25, -0.2) is 0 Å². The third-order valence-electron chi connectivity index (χ3n) is 3.18. The summed E-state index contributed by atoms with van der Waals surface area (Å²) >= 11 is 0. The lowest BCUT2D eigenvalue weighted by Crippen LogP contribution is -2.27. The van der Waals surface area contributed by atoms with Crippen molar-refractivity contribution in [3.63, 3.8) is 0 Å². The molecule has 2 unspecified atom stereocenters. The number of carboxylic acids is 1. The zero-order chi connectivity index (χ0) is 13.0. The first kappa shape index (κ1) is 13.7. The number of rotatable bonds is 5. The minimum Gasteiger partial charge on any atom is -0.480 e. The van der Waals surface area contributed by atoms with Crippen molar-refractivity contribution in [1.82, 2.24) is 4.90 Å². The van der Waals surface area contributed by atoms with Crippen molar-refractivity contribution in [2.45, 2.75) is 32.2 Å². The second-order valence-electron chi connectivity index (χ2n) is 4.68. The lowest BCUT2D eigenvalue weighted by atomic mass is 9.96. The molecule has 17 heavy (non-hydrogen) atoms. The molecule has 0 aromatic heterocycles. The van der Waals surface area contributed by atoms with Gasteiger partial charge in [-0.2, -0.15) is 0 Å². The number of hydrogen-bond acceptors (Lipinski definition) is 2. The molecule has 0 aliphatic carbocycles. The average molecular weight is 235 g/mol. The maximum Gasteiger partial charge on any atom is 0.325 e. The second kappa shape index (κ2) is 5.82. The van der Waals surface area contributed by atoms with E-state index in [1.165, 1.54) is 5.56 Å². The maximum absolute atomic E-state index is 11.2. The molecule has 0 aliphatic heterocycles. The maximum atomic E-state index is 11.2. The van der Waals surface area contributed by atoms with E-state index < -0.39 is 12.0 Å². The Labute approximate surface area is 103 Å². The SMILES string of the molecule is CCC(C)c1ccc(C(C(=O)O)N(C)C)cc1. The zero-order valence-electron chi connectivity index (χ0n) is 11.0. The summed E-state index contributed by atoms with van der Waals surface area (Å²) in [5.41, 5.74) is 2.09. The molecule has 3 nitrogen and oxygen atoms in total. The number of nitrogens with zero attached hydrogens (tertiary/aromatic N) is 1. The highest BCUT2D eigenvalue weighted by molar-refractivity contribution is 5.75. The average Bonchev–Trinajstić information content (AvgIpc) is 2.28. The van der Waals surface area contributed by atoms with Gasteiger partial charge in [-0.15, -0.1) is 0 Å². The van der Waals surface area contributed by atoms with Crippen LogP contribution in [0.1, 0.15) is 43.4 Å². The number of hydrogen-bond donors (Lipinski definition) is 1. The molecule has 0 heterocycles. The van der Waals surface area contributed by atoms with E-state index in [0.717, 1.165) is 12.0 Å². The van der Waals surface area contributed by atoms with E-state index in [-0.39, 0.29) is 0 Å². The summed E-state index contributed by atoms with van der Waals surface area (Å²) in [6.45, 7) is 4.33. The molecule has 0 radical (unpaired) electrons. The van der Waals surface area contributed by atoms with Crippen LogP contribution >= 0.6 is 0 Å². The molecule has 1 N–H and O–H groups in total. The van der Waals surface area contributed by atoms with Gasteiger partial charge in [0, 0.05) is 0 Å². The summed E-state index contributed by atoms with van der Waals surface area (Å²) in [7, 11) is 3.56. The van der Waals surface area contributed by atoms with Crippen molar-refractivity contribution in [3.8, 4) is 0 Å². The van der Waals surface area contributed by atoms with Crippen LogP contribution in [0, 0.1) is 0 Å². The molecule has 0 saturated heterocycles. The van der Waals surface area contributed by atoms with E-state index in [2.05, 4.69) is 13.8 Å². The molecule has 1 aromatic carbocycles. The van der Waals surface area contributed by atoms with E-state index in [4.69, 9.17) is 0 Å². The molecule has 0 fully saturated rings. The molecule has 0 spiro atoms. The lowest BCUT2D eigenvalue weighted by molar-refractivity contribution is -0.142. The van der Waals surface area contributed by atoms with Gasteiger partial charge in [-0.05, 0) is 37.6 Å². The van der Waals surface area contributed by atoms with Crippen LogP contribution in [-0.4, -0.2) is 30.1 Å². The molecule has 2 atom stereocenters. The van der Waals surface area contributed by atoms with Gasteiger partial charge < -0.3 is 5.11 Å². The largest absolute Gasteiger partial charge is 0.480 e. The number of aliphatic carboxylic acids is 1. The number of likely N-dealkylation sites (N-methyl/N-ethyl adjacent to an activating group) is 1. The first-order valence-electron chi connectivity index (χ1n) is 5.96. The third kappa shape index (κ3) is 3.30. The van der Waals surface area contributed by atoms with E-state index in [1.807, 2.05) is 24.3 Å². The van der Waals surface area contributed by atoms with Crippen molar-refractivity contribution in [1.29, 1.82) is 0 Å². The minimum absolute atomic E-state index is 0.520. The van der Waals surface area contributed by atoms with Crippen molar-refractivity contribution in [3.05, 3.63) is 35.4 Å². The fourth-order valence-electron chi connectivity index (χ4n) is 1.90. The summed E-state index contributed by atoms with van der Waals surface area (Å²) in [4.78, 5) is 12.9. The highest BCUT2D eigenvalue weighted by Gasteiger charge is 2.21. The van der Waals surface area contributed by atoms with Gasteiger partial charge >= 0.3 is 5.97 Å². The molecule has 1 aromatic rings. The minimum atomic E-state index is -0.814. The number of carbonyl (C=O) groups is 1. The quantitative estimate of drug-likeness (QED) is 0.853. The molecule has 94 valence electrons. The third-order valence-corrected chi connectivity index (χ3v) is 3.18. The summed E-state index contributed by atoms with van der Waals surface area (Å²) in [6, 6.07) is 7.33. The van der Waals surface area contributed by atoms with Gasteiger partial charge in [-0.1, -0.05) is 38.1 Å². The molecule has 1 rings (SSSR count). The van der Waals surface area contributed by atoms with Gasteiger partial charge in [-0.3, -0.25) is 9.69 Å². The van der Waals surface area contributed by atoms with Crippen LogP contribution in [0.25, 0.3) is 0 Å². The Balaban J connectivity index is 2.96. The van der Waals surface area contributed by atoms with Crippen LogP contribution < -0.4 is 0 Å². The van der Waals surface area contributed by atoms with E-state index in [1.54, 1.807) is 19.0 Å².